The summed E-state index contributed by atoms with van der Waals surface area (Å²) < 4.78 is 2.00. The molecular formula is C16H23N3. The van der Waals surface area contributed by atoms with E-state index in [1.54, 1.807) is 0 Å². The Labute approximate surface area is 114 Å². The van der Waals surface area contributed by atoms with Gasteiger partial charge < -0.3 is 5.73 Å². The highest BCUT2D eigenvalue weighted by molar-refractivity contribution is 5.81. The molecule has 102 valence electrons. The van der Waals surface area contributed by atoms with Crippen molar-refractivity contribution in [3.63, 3.8) is 0 Å². The third-order valence-corrected chi connectivity index (χ3v) is 4.72. The van der Waals surface area contributed by atoms with Crippen molar-refractivity contribution in [2.75, 3.05) is 6.54 Å². The molecule has 1 saturated carbocycles. The first-order valence-electron chi connectivity index (χ1n) is 7.35. The number of benzene rings is 1. The van der Waals surface area contributed by atoms with Crippen LogP contribution in [-0.4, -0.2) is 16.3 Å². The minimum absolute atomic E-state index is 0.287. The highest BCUT2D eigenvalue weighted by atomic mass is 15.3. The van der Waals surface area contributed by atoms with E-state index in [-0.39, 0.29) is 5.41 Å². The molecule has 0 amide bonds. The standard InChI is InChI=1S/C16H23N3/c1-19-15-8-4-3-7-13(15)14(18-19)11-16(12-17)9-5-2-6-10-16/h3-4,7-8H,2,5-6,9-12,17H2,1H3. The summed E-state index contributed by atoms with van der Waals surface area (Å²) in [5.41, 5.74) is 8.84. The van der Waals surface area contributed by atoms with Gasteiger partial charge in [-0.05, 0) is 37.3 Å². The van der Waals surface area contributed by atoms with Crippen LogP contribution in [0.25, 0.3) is 10.9 Å². The maximum atomic E-state index is 6.10. The number of hydrogen-bond acceptors (Lipinski definition) is 2. The van der Waals surface area contributed by atoms with E-state index in [9.17, 15) is 0 Å². The van der Waals surface area contributed by atoms with Gasteiger partial charge in [0, 0.05) is 12.4 Å². The van der Waals surface area contributed by atoms with Crippen LogP contribution in [0.15, 0.2) is 24.3 Å². The van der Waals surface area contributed by atoms with Crippen LogP contribution in [0.4, 0.5) is 0 Å². The molecule has 1 aromatic heterocycles. The predicted octanol–water partition coefficient (Wildman–Crippen LogP) is 3.03. The van der Waals surface area contributed by atoms with Gasteiger partial charge in [-0.2, -0.15) is 5.10 Å². The molecule has 1 aliphatic rings. The molecule has 0 unspecified atom stereocenters. The lowest BCUT2D eigenvalue weighted by molar-refractivity contribution is 0.196. The number of aromatic nitrogens is 2. The van der Waals surface area contributed by atoms with E-state index in [4.69, 9.17) is 10.8 Å². The Morgan fingerprint density at radius 1 is 1.21 bits per heavy atom. The van der Waals surface area contributed by atoms with E-state index in [0.717, 1.165) is 13.0 Å². The van der Waals surface area contributed by atoms with Crippen LogP contribution in [0, 0.1) is 5.41 Å². The van der Waals surface area contributed by atoms with Crippen molar-refractivity contribution in [3.05, 3.63) is 30.0 Å². The normalized spacial score (nSPS) is 18.8. The monoisotopic (exact) mass is 257 g/mol. The average Bonchev–Trinajstić information content (AvgIpc) is 2.77. The highest BCUT2D eigenvalue weighted by Gasteiger charge is 2.32. The Morgan fingerprint density at radius 3 is 2.68 bits per heavy atom. The van der Waals surface area contributed by atoms with Crippen molar-refractivity contribution in [2.24, 2.45) is 18.2 Å². The molecular weight excluding hydrogens is 234 g/mol. The maximum absolute atomic E-state index is 6.10. The first-order chi connectivity index (χ1) is 9.24. The van der Waals surface area contributed by atoms with Gasteiger partial charge in [0.2, 0.25) is 0 Å². The zero-order chi connectivity index (χ0) is 13.3. The number of hydrogen-bond donors (Lipinski definition) is 1. The number of nitrogens with two attached hydrogens (primary N) is 1. The Bertz CT molecular complexity index is 564. The van der Waals surface area contributed by atoms with Gasteiger partial charge in [-0.15, -0.1) is 0 Å². The van der Waals surface area contributed by atoms with Gasteiger partial charge in [0.15, 0.2) is 0 Å². The van der Waals surface area contributed by atoms with Crippen molar-refractivity contribution in [1.82, 2.24) is 9.78 Å². The molecule has 1 heterocycles. The van der Waals surface area contributed by atoms with E-state index >= 15 is 0 Å². The van der Waals surface area contributed by atoms with E-state index < -0.39 is 0 Å². The third-order valence-electron chi connectivity index (χ3n) is 4.72. The number of rotatable bonds is 3. The van der Waals surface area contributed by atoms with E-state index in [1.165, 1.54) is 48.7 Å². The Balaban J connectivity index is 1.96. The molecule has 0 bridgehead atoms. The molecule has 0 radical (unpaired) electrons. The Kier molecular flexibility index (Phi) is 3.31. The van der Waals surface area contributed by atoms with Crippen LogP contribution >= 0.6 is 0 Å². The molecule has 2 N–H and O–H groups in total. The van der Waals surface area contributed by atoms with E-state index in [2.05, 4.69) is 24.3 Å². The van der Waals surface area contributed by atoms with Gasteiger partial charge in [0.1, 0.15) is 0 Å². The van der Waals surface area contributed by atoms with Crippen molar-refractivity contribution >= 4 is 10.9 Å². The molecule has 3 rings (SSSR count). The number of aryl methyl sites for hydroxylation is 1. The zero-order valence-electron chi connectivity index (χ0n) is 11.7. The second-order valence-electron chi connectivity index (χ2n) is 6.03. The van der Waals surface area contributed by atoms with Crippen molar-refractivity contribution in [3.8, 4) is 0 Å². The van der Waals surface area contributed by atoms with Crippen LogP contribution in [0.1, 0.15) is 37.8 Å². The third kappa shape index (κ3) is 2.27. The second-order valence-corrected chi connectivity index (χ2v) is 6.03. The van der Waals surface area contributed by atoms with Crippen molar-refractivity contribution < 1.29 is 0 Å². The summed E-state index contributed by atoms with van der Waals surface area (Å²) in [5, 5.41) is 6.03. The maximum Gasteiger partial charge on any atom is 0.0709 e. The lowest BCUT2D eigenvalue weighted by atomic mass is 9.71. The fourth-order valence-corrected chi connectivity index (χ4v) is 3.53. The lowest BCUT2D eigenvalue weighted by Gasteiger charge is -2.35. The molecule has 2 aromatic rings. The summed E-state index contributed by atoms with van der Waals surface area (Å²) in [5.74, 6) is 0. The molecule has 1 fully saturated rings. The fraction of sp³-hybridized carbons (Fsp3) is 0.562. The smallest absolute Gasteiger partial charge is 0.0709 e. The molecule has 0 atom stereocenters. The van der Waals surface area contributed by atoms with E-state index in [1.807, 2.05) is 11.7 Å². The van der Waals surface area contributed by atoms with Gasteiger partial charge >= 0.3 is 0 Å². The molecule has 0 spiro atoms. The van der Waals surface area contributed by atoms with Crippen LogP contribution in [0.2, 0.25) is 0 Å². The van der Waals surface area contributed by atoms with Gasteiger partial charge in [0.25, 0.3) is 0 Å². The lowest BCUT2D eigenvalue weighted by Crippen LogP contribution is -2.35. The average molecular weight is 257 g/mol. The van der Waals surface area contributed by atoms with Crippen LogP contribution in [-0.2, 0) is 13.5 Å². The first-order valence-corrected chi connectivity index (χ1v) is 7.35. The van der Waals surface area contributed by atoms with Gasteiger partial charge in [-0.1, -0.05) is 37.5 Å². The number of para-hydroxylation sites is 1. The Hall–Kier alpha value is -1.35. The second kappa shape index (κ2) is 4.97. The largest absolute Gasteiger partial charge is 0.330 e. The molecule has 1 aliphatic carbocycles. The van der Waals surface area contributed by atoms with Gasteiger partial charge in [-0.25, -0.2) is 0 Å². The quantitative estimate of drug-likeness (QED) is 0.918. The van der Waals surface area contributed by atoms with Crippen LogP contribution < -0.4 is 5.73 Å². The molecule has 0 saturated heterocycles. The first kappa shape index (κ1) is 12.7. The van der Waals surface area contributed by atoms with E-state index in [0.29, 0.717) is 0 Å². The minimum Gasteiger partial charge on any atom is -0.330 e. The van der Waals surface area contributed by atoms with Crippen molar-refractivity contribution in [2.45, 2.75) is 38.5 Å². The fourth-order valence-electron chi connectivity index (χ4n) is 3.53. The van der Waals surface area contributed by atoms with Crippen LogP contribution in [0.3, 0.4) is 0 Å². The highest BCUT2D eigenvalue weighted by Crippen LogP contribution is 2.39. The van der Waals surface area contributed by atoms with Gasteiger partial charge in [0.05, 0.1) is 11.2 Å². The number of nitrogens with zero attached hydrogens (tertiary/aromatic N) is 2. The summed E-state index contributed by atoms with van der Waals surface area (Å²) in [6.07, 6.45) is 7.56. The predicted molar refractivity (Wildman–Crippen MR) is 79.0 cm³/mol. The zero-order valence-corrected chi connectivity index (χ0v) is 11.7. The van der Waals surface area contributed by atoms with Gasteiger partial charge in [-0.3, -0.25) is 4.68 Å². The van der Waals surface area contributed by atoms with Crippen LogP contribution in [0.5, 0.6) is 0 Å². The molecule has 3 nitrogen and oxygen atoms in total. The topological polar surface area (TPSA) is 43.8 Å². The molecule has 19 heavy (non-hydrogen) atoms. The summed E-state index contributed by atoms with van der Waals surface area (Å²) >= 11 is 0. The minimum atomic E-state index is 0.287. The summed E-state index contributed by atoms with van der Waals surface area (Å²) in [6.45, 7) is 0.790. The molecule has 0 aliphatic heterocycles. The Morgan fingerprint density at radius 2 is 1.95 bits per heavy atom. The molecule has 1 aromatic carbocycles. The summed E-state index contributed by atoms with van der Waals surface area (Å²) in [7, 11) is 2.03. The SMILES string of the molecule is Cn1nc(CC2(CN)CCCCC2)c2ccccc21. The van der Waals surface area contributed by atoms with Crippen molar-refractivity contribution in [1.29, 1.82) is 0 Å². The number of fused-ring (bicyclic) bond motifs is 1. The summed E-state index contributed by atoms with van der Waals surface area (Å²) in [6, 6.07) is 8.50. The summed E-state index contributed by atoms with van der Waals surface area (Å²) in [4.78, 5) is 0. The molecule has 3 heteroatoms.